The van der Waals surface area contributed by atoms with E-state index in [1.165, 1.54) is 41.6 Å². The first-order chi connectivity index (χ1) is 12.3. The van der Waals surface area contributed by atoms with Crippen LogP contribution in [0, 0.1) is 6.92 Å². The number of aromatic nitrogens is 1. The maximum Gasteiger partial charge on any atom is 0.0573 e. The van der Waals surface area contributed by atoms with Crippen LogP contribution in [-0.4, -0.2) is 29.0 Å². The van der Waals surface area contributed by atoms with Gasteiger partial charge in [0.15, 0.2) is 0 Å². The quantitative estimate of drug-likeness (QED) is 0.735. The van der Waals surface area contributed by atoms with Crippen LogP contribution in [0.4, 0.5) is 0 Å². The zero-order chi connectivity index (χ0) is 17.5. The Kier molecular flexibility index (Phi) is 6.60. The molecule has 1 N–H and O–H groups in total. The van der Waals surface area contributed by atoms with Crippen LogP contribution in [-0.2, 0) is 19.5 Å². The Hall–Kier alpha value is -1.71. The number of nitrogens with zero attached hydrogens (tertiary/aromatic N) is 2. The lowest BCUT2D eigenvalue weighted by Crippen LogP contribution is -2.44. The van der Waals surface area contributed by atoms with Crippen LogP contribution >= 0.6 is 0 Å². The van der Waals surface area contributed by atoms with E-state index in [1.54, 1.807) is 0 Å². The van der Waals surface area contributed by atoms with Gasteiger partial charge in [-0.25, -0.2) is 0 Å². The predicted molar refractivity (Wildman–Crippen MR) is 105 cm³/mol. The maximum atomic E-state index is 4.61. The SMILES string of the molecule is CCCCCN(Cc1ncccc1C)C[C@H]1Cc2ccccc2CN1. The summed E-state index contributed by atoms with van der Waals surface area (Å²) in [5.74, 6) is 0. The van der Waals surface area contributed by atoms with Crippen LogP contribution in [0.15, 0.2) is 42.6 Å². The van der Waals surface area contributed by atoms with Crippen molar-refractivity contribution in [3.63, 3.8) is 0 Å². The second-order valence-electron chi connectivity index (χ2n) is 7.26. The molecule has 0 amide bonds. The first kappa shape index (κ1) is 18.1. The number of fused-ring (bicyclic) bond motifs is 1. The highest BCUT2D eigenvalue weighted by Crippen LogP contribution is 2.18. The summed E-state index contributed by atoms with van der Waals surface area (Å²) in [6.07, 6.45) is 6.89. The lowest BCUT2D eigenvalue weighted by atomic mass is 9.95. The molecule has 0 unspecified atom stereocenters. The van der Waals surface area contributed by atoms with E-state index in [4.69, 9.17) is 0 Å². The van der Waals surface area contributed by atoms with Crippen molar-refractivity contribution >= 4 is 0 Å². The van der Waals surface area contributed by atoms with Crippen molar-refractivity contribution in [2.45, 2.75) is 58.7 Å². The van der Waals surface area contributed by atoms with Gasteiger partial charge in [0.25, 0.3) is 0 Å². The van der Waals surface area contributed by atoms with Crippen LogP contribution < -0.4 is 5.32 Å². The van der Waals surface area contributed by atoms with E-state index in [0.717, 1.165) is 32.6 Å². The molecule has 3 rings (SSSR count). The van der Waals surface area contributed by atoms with Gasteiger partial charge in [0.1, 0.15) is 0 Å². The lowest BCUT2D eigenvalue weighted by molar-refractivity contribution is 0.221. The Morgan fingerprint density at radius 1 is 1.12 bits per heavy atom. The third-order valence-electron chi connectivity index (χ3n) is 5.21. The molecule has 25 heavy (non-hydrogen) atoms. The predicted octanol–water partition coefficient (Wildman–Crippen LogP) is 4.10. The van der Waals surface area contributed by atoms with Gasteiger partial charge in [0.2, 0.25) is 0 Å². The molecule has 0 saturated carbocycles. The summed E-state index contributed by atoms with van der Waals surface area (Å²) in [4.78, 5) is 7.21. The smallest absolute Gasteiger partial charge is 0.0573 e. The summed E-state index contributed by atoms with van der Waals surface area (Å²) in [5.41, 5.74) is 5.48. The van der Waals surface area contributed by atoms with Crippen molar-refractivity contribution in [1.82, 2.24) is 15.2 Å². The van der Waals surface area contributed by atoms with Crippen molar-refractivity contribution in [1.29, 1.82) is 0 Å². The lowest BCUT2D eigenvalue weighted by Gasteiger charge is -2.32. The molecule has 134 valence electrons. The number of aryl methyl sites for hydroxylation is 1. The van der Waals surface area contributed by atoms with Crippen LogP contribution in [0.25, 0.3) is 0 Å². The van der Waals surface area contributed by atoms with Crippen molar-refractivity contribution in [2.24, 2.45) is 0 Å². The summed E-state index contributed by atoms with van der Waals surface area (Å²) in [7, 11) is 0. The molecule has 0 saturated heterocycles. The van der Waals surface area contributed by atoms with Crippen molar-refractivity contribution in [3.05, 3.63) is 65.0 Å². The van der Waals surface area contributed by atoms with E-state index in [2.05, 4.69) is 59.4 Å². The van der Waals surface area contributed by atoms with Crippen molar-refractivity contribution in [3.8, 4) is 0 Å². The van der Waals surface area contributed by atoms with Crippen LogP contribution in [0.1, 0.15) is 48.6 Å². The largest absolute Gasteiger partial charge is 0.308 e. The number of pyridine rings is 1. The highest BCUT2D eigenvalue weighted by molar-refractivity contribution is 5.30. The molecule has 1 aliphatic rings. The standard InChI is InChI=1S/C22H31N3/c1-3-4-7-13-25(17-22-18(2)9-8-12-23-22)16-21-14-19-10-5-6-11-20(19)15-24-21/h5-6,8-12,21,24H,3-4,7,13-17H2,1-2H3/t21-/m1/s1. The second-order valence-corrected chi connectivity index (χ2v) is 7.26. The third-order valence-corrected chi connectivity index (χ3v) is 5.21. The highest BCUT2D eigenvalue weighted by Gasteiger charge is 2.20. The molecular formula is C22H31N3. The first-order valence-electron chi connectivity index (χ1n) is 9.69. The van der Waals surface area contributed by atoms with Crippen LogP contribution in [0.3, 0.4) is 0 Å². The summed E-state index contributed by atoms with van der Waals surface area (Å²) in [6, 6.07) is 13.6. The molecule has 1 aromatic carbocycles. The van der Waals surface area contributed by atoms with Gasteiger partial charge in [-0.05, 0) is 49.1 Å². The van der Waals surface area contributed by atoms with Gasteiger partial charge < -0.3 is 5.32 Å². The van der Waals surface area contributed by atoms with Crippen molar-refractivity contribution in [2.75, 3.05) is 13.1 Å². The van der Waals surface area contributed by atoms with Gasteiger partial charge in [-0.15, -0.1) is 0 Å². The molecule has 2 heterocycles. The molecule has 0 fully saturated rings. The Bertz CT molecular complexity index is 668. The monoisotopic (exact) mass is 337 g/mol. The van der Waals surface area contributed by atoms with E-state index in [1.807, 2.05) is 12.3 Å². The minimum Gasteiger partial charge on any atom is -0.308 e. The maximum absolute atomic E-state index is 4.61. The summed E-state index contributed by atoms with van der Waals surface area (Å²) in [5, 5.41) is 3.73. The molecule has 0 aliphatic carbocycles. The highest BCUT2D eigenvalue weighted by atomic mass is 15.2. The van der Waals surface area contributed by atoms with E-state index in [-0.39, 0.29) is 0 Å². The van der Waals surface area contributed by atoms with Crippen LogP contribution in [0.5, 0.6) is 0 Å². The molecular weight excluding hydrogens is 306 g/mol. The fourth-order valence-electron chi connectivity index (χ4n) is 3.68. The minimum atomic E-state index is 0.528. The van der Waals surface area contributed by atoms with Gasteiger partial charge in [-0.3, -0.25) is 9.88 Å². The average Bonchev–Trinajstić information content (AvgIpc) is 2.63. The molecule has 0 radical (unpaired) electrons. The molecule has 1 atom stereocenters. The fourth-order valence-corrected chi connectivity index (χ4v) is 3.68. The van der Waals surface area contributed by atoms with Gasteiger partial charge in [-0.1, -0.05) is 50.1 Å². The normalized spacial score (nSPS) is 16.8. The van der Waals surface area contributed by atoms with E-state index in [0.29, 0.717) is 6.04 Å². The molecule has 3 heteroatoms. The van der Waals surface area contributed by atoms with Crippen molar-refractivity contribution < 1.29 is 0 Å². The molecule has 3 nitrogen and oxygen atoms in total. The summed E-state index contributed by atoms with van der Waals surface area (Å²) in [6.45, 7) is 8.63. The summed E-state index contributed by atoms with van der Waals surface area (Å²) < 4.78 is 0. The first-order valence-corrected chi connectivity index (χ1v) is 9.69. The van der Waals surface area contributed by atoms with Crippen LogP contribution in [0.2, 0.25) is 0 Å². The second kappa shape index (κ2) is 9.12. The molecule has 1 aromatic heterocycles. The topological polar surface area (TPSA) is 28.2 Å². The number of hydrogen-bond acceptors (Lipinski definition) is 3. The zero-order valence-corrected chi connectivity index (χ0v) is 15.7. The number of hydrogen-bond donors (Lipinski definition) is 1. The van der Waals surface area contributed by atoms with Gasteiger partial charge in [0.05, 0.1) is 5.69 Å². The van der Waals surface area contributed by atoms with Gasteiger partial charge in [-0.2, -0.15) is 0 Å². The van der Waals surface area contributed by atoms with E-state index in [9.17, 15) is 0 Å². The number of benzene rings is 1. The molecule has 1 aliphatic heterocycles. The summed E-state index contributed by atoms with van der Waals surface area (Å²) >= 11 is 0. The van der Waals surface area contributed by atoms with E-state index >= 15 is 0 Å². The zero-order valence-electron chi connectivity index (χ0n) is 15.7. The minimum absolute atomic E-state index is 0.528. The molecule has 0 bridgehead atoms. The fraction of sp³-hybridized carbons (Fsp3) is 0.500. The molecule has 2 aromatic rings. The average molecular weight is 338 g/mol. The Morgan fingerprint density at radius 2 is 1.96 bits per heavy atom. The van der Waals surface area contributed by atoms with Gasteiger partial charge >= 0.3 is 0 Å². The number of rotatable bonds is 8. The van der Waals surface area contributed by atoms with Gasteiger partial charge in [0, 0.05) is 31.9 Å². The number of unbranched alkanes of at least 4 members (excludes halogenated alkanes) is 2. The van der Waals surface area contributed by atoms with E-state index < -0.39 is 0 Å². The Balaban J connectivity index is 1.64. The Labute approximate surface area is 152 Å². The molecule has 0 spiro atoms. The number of nitrogens with one attached hydrogen (secondary N) is 1. The Morgan fingerprint density at radius 3 is 2.76 bits per heavy atom. The third kappa shape index (κ3) is 5.13.